The van der Waals surface area contributed by atoms with Gasteiger partial charge in [0.05, 0.1) is 6.20 Å². The van der Waals surface area contributed by atoms with Gasteiger partial charge in [-0.2, -0.15) is 5.10 Å². The summed E-state index contributed by atoms with van der Waals surface area (Å²) in [4.78, 5) is 7.30. The smallest absolute Gasteiger partial charge is 0.193 e. The second-order valence-electron chi connectivity index (χ2n) is 8.81. The average Bonchev–Trinajstić information content (AvgIpc) is 3.30. The maximum Gasteiger partial charge on any atom is 0.193 e. The van der Waals surface area contributed by atoms with Crippen LogP contribution in [0.1, 0.15) is 56.7 Å². The summed E-state index contributed by atoms with van der Waals surface area (Å²) in [6.45, 7) is 12.7. The van der Waals surface area contributed by atoms with Crippen LogP contribution in [-0.2, 0) is 18.9 Å². The minimum Gasteiger partial charge on any atom is -0.357 e. The molecule has 2 heterocycles. The van der Waals surface area contributed by atoms with E-state index in [0.29, 0.717) is 5.92 Å². The van der Waals surface area contributed by atoms with Crippen molar-refractivity contribution in [1.29, 1.82) is 0 Å². The average molecular weight is 382 g/mol. The molecule has 1 aromatic heterocycles. The first-order valence-corrected chi connectivity index (χ1v) is 10.5. The molecule has 0 aliphatic carbocycles. The van der Waals surface area contributed by atoms with Gasteiger partial charge < -0.3 is 10.2 Å². The summed E-state index contributed by atoms with van der Waals surface area (Å²) in [5.74, 6) is 1.59. The van der Waals surface area contributed by atoms with Gasteiger partial charge in [0.25, 0.3) is 0 Å². The van der Waals surface area contributed by atoms with Crippen LogP contribution in [0.2, 0.25) is 0 Å². The Hall–Kier alpha value is -2.30. The van der Waals surface area contributed by atoms with Gasteiger partial charge in [-0.05, 0) is 41.9 Å². The first kappa shape index (κ1) is 20.4. The van der Waals surface area contributed by atoms with Gasteiger partial charge in [0, 0.05) is 45.3 Å². The summed E-state index contributed by atoms with van der Waals surface area (Å²) in [5, 5.41) is 7.80. The Bertz CT molecular complexity index is 782. The highest BCUT2D eigenvalue weighted by Gasteiger charge is 2.26. The van der Waals surface area contributed by atoms with Crippen LogP contribution in [0.4, 0.5) is 0 Å². The molecule has 0 amide bonds. The number of aryl methyl sites for hydroxylation is 1. The van der Waals surface area contributed by atoms with Crippen LogP contribution in [0, 0.1) is 0 Å². The molecule has 2 aromatic rings. The number of guanidine groups is 1. The van der Waals surface area contributed by atoms with Crippen molar-refractivity contribution in [1.82, 2.24) is 20.0 Å². The second-order valence-corrected chi connectivity index (χ2v) is 8.81. The maximum absolute atomic E-state index is 4.91. The minimum atomic E-state index is 0.204. The van der Waals surface area contributed by atoms with Gasteiger partial charge >= 0.3 is 0 Å². The van der Waals surface area contributed by atoms with Crippen molar-refractivity contribution < 1.29 is 0 Å². The summed E-state index contributed by atoms with van der Waals surface area (Å²) in [6.07, 6.45) is 6.27. The van der Waals surface area contributed by atoms with E-state index in [1.807, 2.05) is 17.9 Å². The van der Waals surface area contributed by atoms with E-state index in [4.69, 9.17) is 4.99 Å². The molecule has 1 aromatic carbocycles. The zero-order valence-electron chi connectivity index (χ0n) is 18.1. The molecule has 0 saturated carbocycles. The quantitative estimate of drug-likeness (QED) is 0.634. The highest BCUT2D eigenvalue weighted by molar-refractivity contribution is 5.80. The fourth-order valence-corrected chi connectivity index (χ4v) is 3.76. The minimum absolute atomic E-state index is 0.204. The van der Waals surface area contributed by atoms with Crippen molar-refractivity contribution in [3.8, 4) is 0 Å². The molecular formula is C23H35N5. The Morgan fingerprint density at radius 1 is 1.25 bits per heavy atom. The first-order chi connectivity index (χ1) is 13.4. The molecule has 28 heavy (non-hydrogen) atoms. The van der Waals surface area contributed by atoms with Crippen molar-refractivity contribution >= 4 is 5.96 Å². The van der Waals surface area contributed by atoms with Crippen molar-refractivity contribution in [3.05, 3.63) is 53.3 Å². The summed E-state index contributed by atoms with van der Waals surface area (Å²) in [6, 6.07) is 9.00. The number of aliphatic imine (C=N–C) groups is 1. The highest BCUT2D eigenvalue weighted by atomic mass is 15.3. The van der Waals surface area contributed by atoms with E-state index >= 15 is 0 Å². The third kappa shape index (κ3) is 5.15. The lowest BCUT2D eigenvalue weighted by Crippen LogP contribution is -2.40. The number of hydrogen-bond donors (Lipinski definition) is 1. The SMILES string of the molecule is CCNC(=NCCc1ccc(C(C)(C)C)cc1)N1CCC(c2cnn(C)c2)C1. The van der Waals surface area contributed by atoms with Crippen LogP contribution in [0.3, 0.4) is 0 Å². The Balaban J connectivity index is 1.58. The van der Waals surface area contributed by atoms with E-state index in [1.165, 1.54) is 16.7 Å². The summed E-state index contributed by atoms with van der Waals surface area (Å²) in [5.41, 5.74) is 4.27. The van der Waals surface area contributed by atoms with E-state index in [2.05, 4.69) is 73.5 Å². The predicted molar refractivity (Wildman–Crippen MR) is 117 cm³/mol. The normalized spacial score (nSPS) is 18.0. The van der Waals surface area contributed by atoms with Crippen LogP contribution in [0.25, 0.3) is 0 Å². The molecule has 5 heteroatoms. The molecule has 3 rings (SSSR count). The van der Waals surface area contributed by atoms with Crippen molar-refractivity contribution in [3.63, 3.8) is 0 Å². The summed E-state index contributed by atoms with van der Waals surface area (Å²) >= 11 is 0. The Morgan fingerprint density at radius 3 is 2.61 bits per heavy atom. The number of rotatable bonds is 5. The van der Waals surface area contributed by atoms with Crippen molar-refractivity contribution in [2.24, 2.45) is 12.0 Å². The van der Waals surface area contributed by atoms with Gasteiger partial charge in [-0.3, -0.25) is 9.67 Å². The van der Waals surface area contributed by atoms with E-state index in [1.54, 1.807) is 0 Å². The van der Waals surface area contributed by atoms with Gasteiger partial charge in [0.15, 0.2) is 5.96 Å². The third-order valence-electron chi connectivity index (χ3n) is 5.50. The first-order valence-electron chi connectivity index (χ1n) is 10.5. The highest BCUT2D eigenvalue weighted by Crippen LogP contribution is 2.26. The molecule has 0 radical (unpaired) electrons. The number of benzene rings is 1. The number of aromatic nitrogens is 2. The molecular weight excluding hydrogens is 346 g/mol. The molecule has 1 aliphatic heterocycles. The molecule has 1 unspecified atom stereocenters. The zero-order valence-corrected chi connectivity index (χ0v) is 18.1. The fraction of sp³-hybridized carbons (Fsp3) is 0.565. The predicted octanol–water partition coefficient (Wildman–Crippen LogP) is 3.72. The van der Waals surface area contributed by atoms with Gasteiger partial charge in [-0.1, -0.05) is 45.0 Å². The van der Waals surface area contributed by atoms with Gasteiger partial charge in [-0.15, -0.1) is 0 Å². The maximum atomic E-state index is 4.91. The van der Waals surface area contributed by atoms with E-state index in [9.17, 15) is 0 Å². The Labute approximate surface area is 169 Å². The molecule has 152 valence electrons. The van der Waals surface area contributed by atoms with Crippen molar-refractivity contribution in [2.45, 2.75) is 51.9 Å². The number of nitrogens with zero attached hydrogens (tertiary/aromatic N) is 4. The molecule has 1 N–H and O–H groups in total. The van der Waals surface area contributed by atoms with E-state index in [-0.39, 0.29) is 5.41 Å². The lowest BCUT2D eigenvalue weighted by atomic mass is 9.86. The van der Waals surface area contributed by atoms with E-state index in [0.717, 1.165) is 45.0 Å². The van der Waals surface area contributed by atoms with Crippen LogP contribution < -0.4 is 5.32 Å². The third-order valence-corrected chi connectivity index (χ3v) is 5.50. The molecule has 1 atom stereocenters. The van der Waals surface area contributed by atoms with Gasteiger partial charge in [0.2, 0.25) is 0 Å². The lowest BCUT2D eigenvalue weighted by molar-refractivity contribution is 0.486. The largest absolute Gasteiger partial charge is 0.357 e. The number of nitrogens with one attached hydrogen (secondary N) is 1. The van der Waals surface area contributed by atoms with Crippen LogP contribution in [-0.4, -0.2) is 46.8 Å². The van der Waals surface area contributed by atoms with Crippen LogP contribution in [0.15, 0.2) is 41.7 Å². The lowest BCUT2D eigenvalue weighted by Gasteiger charge is -2.21. The van der Waals surface area contributed by atoms with Crippen LogP contribution >= 0.6 is 0 Å². The molecule has 1 fully saturated rings. The summed E-state index contributed by atoms with van der Waals surface area (Å²) in [7, 11) is 1.98. The molecule has 1 aliphatic rings. The van der Waals surface area contributed by atoms with Gasteiger partial charge in [0.1, 0.15) is 0 Å². The molecule has 1 saturated heterocycles. The molecule has 0 bridgehead atoms. The number of hydrogen-bond acceptors (Lipinski definition) is 2. The Morgan fingerprint density at radius 2 is 2.00 bits per heavy atom. The molecule has 0 spiro atoms. The monoisotopic (exact) mass is 381 g/mol. The van der Waals surface area contributed by atoms with Gasteiger partial charge in [-0.25, -0.2) is 0 Å². The Kier molecular flexibility index (Phi) is 6.42. The topological polar surface area (TPSA) is 45.5 Å². The second kappa shape index (κ2) is 8.80. The van der Waals surface area contributed by atoms with E-state index < -0.39 is 0 Å². The zero-order chi connectivity index (χ0) is 20.1. The van der Waals surface area contributed by atoms with Crippen molar-refractivity contribution in [2.75, 3.05) is 26.2 Å². The standard InChI is InChI=1S/C23H35N5/c1-6-24-22(28-14-12-19(17-28)20-15-26-27(5)16-20)25-13-11-18-7-9-21(10-8-18)23(2,3)4/h7-10,15-16,19H,6,11-14,17H2,1-5H3,(H,24,25). The number of likely N-dealkylation sites (tertiary alicyclic amines) is 1. The van der Waals surface area contributed by atoms with Crippen LogP contribution in [0.5, 0.6) is 0 Å². The summed E-state index contributed by atoms with van der Waals surface area (Å²) < 4.78 is 1.89. The fourth-order valence-electron chi connectivity index (χ4n) is 3.76. The molecule has 5 nitrogen and oxygen atoms in total.